The molecule has 0 heterocycles. The summed E-state index contributed by atoms with van der Waals surface area (Å²) in [6.45, 7) is 0.693. The number of aliphatic carboxylic acids is 1. The van der Waals surface area contributed by atoms with Crippen molar-refractivity contribution < 1.29 is 14.7 Å². The topological polar surface area (TPSA) is 69.6 Å². The van der Waals surface area contributed by atoms with Gasteiger partial charge in [0.15, 0.2) is 0 Å². The Morgan fingerprint density at radius 2 is 1.95 bits per heavy atom. The molecular formula is C16H21BrN2O3. The summed E-state index contributed by atoms with van der Waals surface area (Å²) in [5, 5.41) is 11.4. The third kappa shape index (κ3) is 4.73. The molecule has 0 aliphatic heterocycles. The van der Waals surface area contributed by atoms with Gasteiger partial charge in [-0.1, -0.05) is 47.0 Å². The van der Waals surface area contributed by atoms with E-state index in [1.165, 1.54) is 0 Å². The summed E-state index contributed by atoms with van der Waals surface area (Å²) in [7, 11) is 0. The Morgan fingerprint density at radius 1 is 1.27 bits per heavy atom. The molecule has 1 aromatic rings. The van der Waals surface area contributed by atoms with Crippen LogP contribution >= 0.6 is 15.9 Å². The van der Waals surface area contributed by atoms with Crippen molar-refractivity contribution in [3.05, 3.63) is 34.3 Å². The van der Waals surface area contributed by atoms with Gasteiger partial charge in [0.2, 0.25) is 0 Å². The SMILES string of the molecule is O=C(O)CCNC(=O)N(Cc1ccccc1Br)C1CCCC1. The van der Waals surface area contributed by atoms with Gasteiger partial charge in [0.1, 0.15) is 0 Å². The second-order valence-corrected chi connectivity index (χ2v) is 6.39. The fourth-order valence-corrected chi connectivity index (χ4v) is 3.18. The van der Waals surface area contributed by atoms with Crippen LogP contribution in [-0.4, -0.2) is 34.6 Å². The summed E-state index contributed by atoms with van der Waals surface area (Å²) < 4.78 is 0.983. The average Bonchev–Trinajstić information content (AvgIpc) is 2.99. The van der Waals surface area contributed by atoms with E-state index in [0.29, 0.717) is 6.54 Å². The number of halogens is 1. The minimum absolute atomic E-state index is 0.0563. The van der Waals surface area contributed by atoms with E-state index in [1.807, 2.05) is 29.2 Å². The van der Waals surface area contributed by atoms with E-state index >= 15 is 0 Å². The highest BCUT2D eigenvalue weighted by Gasteiger charge is 2.27. The van der Waals surface area contributed by atoms with Crippen LogP contribution < -0.4 is 5.32 Å². The molecule has 0 radical (unpaired) electrons. The van der Waals surface area contributed by atoms with Gasteiger partial charge < -0.3 is 15.3 Å². The molecule has 6 heteroatoms. The van der Waals surface area contributed by atoms with Gasteiger partial charge in [0.05, 0.1) is 6.42 Å². The summed E-state index contributed by atoms with van der Waals surface area (Å²) in [6.07, 6.45) is 4.24. The molecule has 1 aromatic carbocycles. The molecule has 2 rings (SSSR count). The molecule has 0 aromatic heterocycles. The zero-order valence-electron chi connectivity index (χ0n) is 12.4. The van der Waals surface area contributed by atoms with Crippen LogP contribution in [0.3, 0.4) is 0 Å². The molecular weight excluding hydrogens is 348 g/mol. The lowest BCUT2D eigenvalue weighted by atomic mass is 10.1. The molecule has 1 saturated carbocycles. The standard InChI is InChI=1S/C16H21BrN2O3/c17-14-8-4-1-5-12(14)11-19(13-6-2-3-7-13)16(22)18-10-9-15(20)21/h1,4-5,8,13H,2-3,6-7,9-11H2,(H,18,22)(H,20,21). The molecule has 22 heavy (non-hydrogen) atoms. The van der Waals surface area contributed by atoms with Crippen molar-refractivity contribution in [2.24, 2.45) is 0 Å². The van der Waals surface area contributed by atoms with Crippen LogP contribution in [0.2, 0.25) is 0 Å². The first-order valence-corrected chi connectivity index (χ1v) is 8.37. The van der Waals surface area contributed by atoms with Gasteiger partial charge in [-0.25, -0.2) is 4.79 Å². The van der Waals surface area contributed by atoms with E-state index in [9.17, 15) is 9.59 Å². The van der Waals surface area contributed by atoms with Crippen LogP contribution in [0, 0.1) is 0 Å². The van der Waals surface area contributed by atoms with Crippen LogP contribution in [0.5, 0.6) is 0 Å². The summed E-state index contributed by atoms with van der Waals surface area (Å²) >= 11 is 3.52. The average molecular weight is 369 g/mol. The normalized spacial score (nSPS) is 14.8. The van der Waals surface area contributed by atoms with E-state index < -0.39 is 5.97 Å². The van der Waals surface area contributed by atoms with Crippen LogP contribution in [0.25, 0.3) is 0 Å². The van der Waals surface area contributed by atoms with Gasteiger partial charge in [0, 0.05) is 23.6 Å². The van der Waals surface area contributed by atoms with Crippen molar-refractivity contribution >= 4 is 27.9 Å². The van der Waals surface area contributed by atoms with Gasteiger partial charge in [-0.15, -0.1) is 0 Å². The third-order valence-electron chi connectivity index (χ3n) is 3.94. The first-order chi connectivity index (χ1) is 10.6. The van der Waals surface area contributed by atoms with Gasteiger partial charge in [-0.3, -0.25) is 4.79 Å². The van der Waals surface area contributed by atoms with Crippen molar-refractivity contribution in [3.63, 3.8) is 0 Å². The Morgan fingerprint density at radius 3 is 2.59 bits per heavy atom. The minimum Gasteiger partial charge on any atom is -0.481 e. The number of nitrogens with zero attached hydrogens (tertiary/aromatic N) is 1. The largest absolute Gasteiger partial charge is 0.481 e. The summed E-state index contributed by atoms with van der Waals surface area (Å²) in [5.41, 5.74) is 1.06. The molecule has 2 amide bonds. The highest BCUT2D eigenvalue weighted by molar-refractivity contribution is 9.10. The van der Waals surface area contributed by atoms with Crippen molar-refractivity contribution in [3.8, 4) is 0 Å². The summed E-state index contributed by atoms with van der Waals surface area (Å²) in [4.78, 5) is 24.8. The number of hydrogen-bond acceptors (Lipinski definition) is 2. The molecule has 5 nitrogen and oxygen atoms in total. The summed E-state index contributed by atoms with van der Waals surface area (Å²) in [6, 6.07) is 7.91. The first kappa shape index (κ1) is 16.8. The number of nitrogens with one attached hydrogen (secondary N) is 1. The van der Waals surface area contributed by atoms with E-state index in [2.05, 4.69) is 21.2 Å². The molecule has 1 fully saturated rings. The van der Waals surface area contributed by atoms with Gasteiger partial charge in [0.25, 0.3) is 0 Å². The minimum atomic E-state index is -0.904. The van der Waals surface area contributed by atoms with Crippen molar-refractivity contribution in [1.82, 2.24) is 10.2 Å². The molecule has 1 aliphatic rings. The second-order valence-electron chi connectivity index (χ2n) is 5.53. The van der Waals surface area contributed by atoms with E-state index in [0.717, 1.165) is 35.7 Å². The number of hydrogen-bond donors (Lipinski definition) is 2. The molecule has 0 bridgehead atoms. The number of benzene rings is 1. The second kappa shape index (κ2) is 8.17. The van der Waals surface area contributed by atoms with E-state index in [4.69, 9.17) is 5.11 Å². The van der Waals surface area contributed by atoms with E-state index in [1.54, 1.807) is 0 Å². The lowest BCUT2D eigenvalue weighted by molar-refractivity contribution is -0.136. The number of carbonyl (C=O) groups is 2. The number of rotatable bonds is 6. The van der Waals surface area contributed by atoms with Crippen molar-refractivity contribution in [2.75, 3.05) is 6.54 Å². The zero-order chi connectivity index (χ0) is 15.9. The Hall–Kier alpha value is -1.56. The predicted octanol–water partition coefficient (Wildman–Crippen LogP) is 3.38. The number of urea groups is 1. The smallest absolute Gasteiger partial charge is 0.317 e. The van der Waals surface area contributed by atoms with Gasteiger partial charge >= 0.3 is 12.0 Å². The quantitative estimate of drug-likeness (QED) is 0.808. The highest BCUT2D eigenvalue weighted by Crippen LogP contribution is 2.26. The monoisotopic (exact) mass is 368 g/mol. The summed E-state index contributed by atoms with van der Waals surface area (Å²) in [5.74, 6) is -0.904. The predicted molar refractivity (Wildman–Crippen MR) is 87.6 cm³/mol. The lowest BCUT2D eigenvalue weighted by Crippen LogP contribution is -2.45. The molecule has 0 saturated heterocycles. The maximum atomic E-state index is 12.4. The highest BCUT2D eigenvalue weighted by atomic mass is 79.9. The maximum Gasteiger partial charge on any atom is 0.317 e. The Kier molecular flexibility index (Phi) is 6.24. The van der Waals surface area contributed by atoms with Gasteiger partial charge in [-0.2, -0.15) is 0 Å². The molecule has 0 spiro atoms. The number of carbonyl (C=O) groups excluding carboxylic acids is 1. The van der Waals surface area contributed by atoms with Crippen LogP contribution in [-0.2, 0) is 11.3 Å². The van der Waals surface area contributed by atoms with Crippen molar-refractivity contribution in [1.29, 1.82) is 0 Å². The Labute approximate surface area is 138 Å². The maximum absolute atomic E-state index is 12.4. The molecule has 0 atom stereocenters. The fraction of sp³-hybridized carbons (Fsp3) is 0.500. The van der Waals surface area contributed by atoms with Crippen molar-refractivity contribution in [2.45, 2.75) is 44.7 Å². The molecule has 120 valence electrons. The third-order valence-corrected chi connectivity index (χ3v) is 4.71. The zero-order valence-corrected chi connectivity index (χ0v) is 14.0. The van der Waals surface area contributed by atoms with Crippen LogP contribution in [0.1, 0.15) is 37.7 Å². The van der Waals surface area contributed by atoms with E-state index in [-0.39, 0.29) is 25.0 Å². The Bertz CT molecular complexity index is 530. The lowest BCUT2D eigenvalue weighted by Gasteiger charge is -2.29. The molecule has 2 N–H and O–H groups in total. The van der Waals surface area contributed by atoms with Crippen LogP contribution in [0.4, 0.5) is 4.79 Å². The Balaban J connectivity index is 2.04. The number of carboxylic acids is 1. The molecule has 0 unspecified atom stereocenters. The first-order valence-electron chi connectivity index (χ1n) is 7.57. The number of amides is 2. The fourth-order valence-electron chi connectivity index (χ4n) is 2.77. The number of carboxylic acid groups (broad SMARTS) is 1. The molecule has 1 aliphatic carbocycles. The van der Waals surface area contributed by atoms with Crippen LogP contribution in [0.15, 0.2) is 28.7 Å². The van der Waals surface area contributed by atoms with Gasteiger partial charge in [-0.05, 0) is 24.5 Å².